The van der Waals surface area contributed by atoms with E-state index >= 15 is 0 Å². The fraction of sp³-hybridized carbons (Fsp3) is 0.296. The molecule has 0 unspecified atom stereocenters. The van der Waals surface area contributed by atoms with Gasteiger partial charge < -0.3 is 4.74 Å². The Labute approximate surface area is 232 Å². The Morgan fingerprint density at radius 2 is 1.85 bits per heavy atom. The van der Waals surface area contributed by atoms with Crippen LogP contribution >= 0.6 is 0 Å². The summed E-state index contributed by atoms with van der Waals surface area (Å²) in [4.78, 5) is 3.66. The van der Waals surface area contributed by atoms with E-state index in [0.29, 0.717) is 18.5 Å². The molecule has 41 heavy (non-hydrogen) atoms. The summed E-state index contributed by atoms with van der Waals surface area (Å²) in [5, 5.41) is 8.48. The lowest BCUT2D eigenvalue weighted by atomic mass is 9.69. The Morgan fingerprint density at radius 1 is 1.07 bits per heavy atom. The number of alkyl halides is 3. The van der Waals surface area contributed by atoms with E-state index in [9.17, 15) is 26.0 Å². The highest BCUT2D eigenvalue weighted by atomic mass is 32.2. The summed E-state index contributed by atoms with van der Waals surface area (Å²) in [7, 11) is -2.29. The first-order valence-corrected chi connectivity index (χ1v) is 14.1. The smallest absolute Gasteiger partial charge is 0.433 e. The van der Waals surface area contributed by atoms with Crippen LogP contribution in [0.25, 0.3) is 11.8 Å². The van der Waals surface area contributed by atoms with E-state index in [1.807, 2.05) is 6.08 Å². The molecule has 0 radical (unpaired) electrons. The average molecular weight is 589 g/mol. The maximum atomic E-state index is 13.5. The van der Waals surface area contributed by atoms with Crippen LogP contribution in [0.4, 0.5) is 17.6 Å². The summed E-state index contributed by atoms with van der Waals surface area (Å²) in [6.07, 6.45) is 2.30. The maximum absolute atomic E-state index is 13.5. The van der Waals surface area contributed by atoms with Gasteiger partial charge >= 0.3 is 6.18 Å². The van der Waals surface area contributed by atoms with Gasteiger partial charge in [0.1, 0.15) is 23.0 Å². The molecule has 0 spiro atoms. The first kappa shape index (κ1) is 27.1. The summed E-state index contributed by atoms with van der Waals surface area (Å²) in [5.41, 5.74) is 1.09. The number of fused-ring (bicyclic) bond motifs is 2. The molecule has 1 aliphatic heterocycles. The summed E-state index contributed by atoms with van der Waals surface area (Å²) in [6.45, 7) is 0.0935. The fourth-order valence-electron chi connectivity index (χ4n) is 5.36. The third-order valence-corrected chi connectivity index (χ3v) is 9.22. The molecule has 1 saturated heterocycles. The van der Waals surface area contributed by atoms with Gasteiger partial charge in [0, 0.05) is 37.8 Å². The quantitative estimate of drug-likeness (QED) is 0.313. The van der Waals surface area contributed by atoms with Crippen molar-refractivity contribution in [1.82, 2.24) is 28.9 Å². The van der Waals surface area contributed by atoms with E-state index in [0.717, 1.165) is 22.9 Å². The number of aryl methyl sites for hydroxylation is 1. The van der Waals surface area contributed by atoms with Crippen LogP contribution in [0.5, 0.6) is 5.88 Å². The predicted octanol–water partition coefficient (Wildman–Crippen LogP) is 4.26. The highest BCUT2D eigenvalue weighted by Gasteiger charge is 2.47. The number of piperidine rings is 1. The zero-order valence-corrected chi connectivity index (χ0v) is 22.5. The minimum atomic E-state index is -4.64. The molecule has 4 aromatic rings. The van der Waals surface area contributed by atoms with Crippen molar-refractivity contribution in [3.05, 3.63) is 89.4 Å². The second-order valence-electron chi connectivity index (χ2n) is 10.2. The molecule has 2 aliphatic rings. The van der Waals surface area contributed by atoms with Crippen LogP contribution in [0.3, 0.4) is 0 Å². The molecule has 9 nitrogen and oxygen atoms in total. The third-order valence-electron chi connectivity index (χ3n) is 7.42. The lowest BCUT2D eigenvalue weighted by molar-refractivity contribution is -0.141. The van der Waals surface area contributed by atoms with Crippen molar-refractivity contribution in [2.45, 2.75) is 23.9 Å². The van der Waals surface area contributed by atoms with E-state index in [4.69, 9.17) is 4.74 Å². The van der Waals surface area contributed by atoms with Crippen molar-refractivity contribution in [3.8, 4) is 11.6 Å². The number of aromatic nitrogens is 5. The lowest BCUT2D eigenvalue weighted by Crippen LogP contribution is -2.51. The maximum Gasteiger partial charge on any atom is 0.433 e. The van der Waals surface area contributed by atoms with Gasteiger partial charge in [-0.3, -0.25) is 4.68 Å². The molecule has 1 aromatic carbocycles. The second-order valence-corrected chi connectivity index (χ2v) is 12.1. The Bertz CT molecular complexity index is 1750. The van der Waals surface area contributed by atoms with E-state index in [1.54, 1.807) is 30.1 Å². The zero-order chi connectivity index (χ0) is 29.0. The van der Waals surface area contributed by atoms with Crippen LogP contribution in [0.2, 0.25) is 0 Å². The molecular formula is C27H24F4N6O3S. The molecule has 3 aromatic heterocycles. The number of benzene rings is 1. The van der Waals surface area contributed by atoms with Gasteiger partial charge in [0.25, 0.3) is 0 Å². The molecule has 0 bridgehead atoms. The largest absolute Gasteiger partial charge is 0.477 e. The second kappa shape index (κ2) is 9.80. The monoisotopic (exact) mass is 588 g/mol. The minimum Gasteiger partial charge on any atom is -0.477 e. The topological polar surface area (TPSA) is 95.1 Å². The number of nitrogens with zero attached hydrogens (tertiary/aromatic N) is 6. The SMILES string of the molecule is Cn1cc(S(=O)(=O)N2CCC3=Cc4c(cnn4-c4ccc(F)cc4)C[C@]3(COc3cccc(C(F)(F)F)n3)C2)cn1. The Kier molecular flexibility index (Phi) is 6.49. The Hall–Kier alpha value is -4.04. The summed E-state index contributed by atoms with van der Waals surface area (Å²) >= 11 is 0. The first-order valence-electron chi connectivity index (χ1n) is 12.6. The molecule has 1 atom stereocenters. The highest BCUT2D eigenvalue weighted by molar-refractivity contribution is 7.89. The van der Waals surface area contributed by atoms with Crippen molar-refractivity contribution < 1.29 is 30.7 Å². The summed E-state index contributed by atoms with van der Waals surface area (Å²) < 4.78 is 90.7. The van der Waals surface area contributed by atoms with Crippen LogP contribution in [0, 0.1) is 11.2 Å². The standard InChI is InChI=1S/C27H24F4N6O3S/c1-35-15-22(14-32-35)41(38,39)36-10-9-19-11-23-18(13-33-37(23)21-7-5-20(28)6-8-21)12-26(19,16-36)17-40-25-4-2-3-24(34-25)27(29,30)31/h2-8,11,13-15H,9-10,12,16-17H2,1H3/t26-/m1/s1. The average Bonchev–Trinajstić information content (AvgIpc) is 3.56. The van der Waals surface area contributed by atoms with Gasteiger partial charge in [0.2, 0.25) is 15.9 Å². The highest BCUT2D eigenvalue weighted by Crippen LogP contribution is 2.45. The van der Waals surface area contributed by atoms with E-state index < -0.39 is 27.3 Å². The molecule has 0 N–H and O–H groups in total. The molecule has 6 rings (SSSR count). The summed E-state index contributed by atoms with van der Waals surface area (Å²) in [6, 6.07) is 9.29. The Morgan fingerprint density at radius 3 is 2.56 bits per heavy atom. The van der Waals surface area contributed by atoms with E-state index in [2.05, 4.69) is 15.2 Å². The van der Waals surface area contributed by atoms with Gasteiger partial charge in [-0.1, -0.05) is 11.6 Å². The van der Waals surface area contributed by atoms with Crippen LogP contribution in [0.1, 0.15) is 23.4 Å². The van der Waals surface area contributed by atoms with Crippen LogP contribution in [-0.4, -0.2) is 57.0 Å². The minimum absolute atomic E-state index is 0.0240. The molecule has 1 aliphatic carbocycles. The van der Waals surface area contributed by atoms with Gasteiger partial charge in [0.15, 0.2) is 0 Å². The Balaban J connectivity index is 1.37. The first-order chi connectivity index (χ1) is 19.4. The number of rotatable bonds is 6. The van der Waals surface area contributed by atoms with Crippen LogP contribution in [-0.2, 0) is 29.7 Å². The molecular weight excluding hydrogens is 564 g/mol. The third kappa shape index (κ3) is 5.01. The number of halogens is 4. The van der Waals surface area contributed by atoms with Crippen molar-refractivity contribution in [2.75, 3.05) is 19.7 Å². The number of sulfonamides is 1. The van der Waals surface area contributed by atoms with Gasteiger partial charge in [-0.15, -0.1) is 0 Å². The van der Waals surface area contributed by atoms with Crippen molar-refractivity contribution in [1.29, 1.82) is 0 Å². The van der Waals surface area contributed by atoms with Gasteiger partial charge in [-0.2, -0.15) is 27.7 Å². The fourth-order valence-corrected chi connectivity index (χ4v) is 6.88. The molecule has 14 heteroatoms. The lowest BCUT2D eigenvalue weighted by Gasteiger charge is -2.45. The van der Waals surface area contributed by atoms with E-state index in [1.165, 1.54) is 45.6 Å². The van der Waals surface area contributed by atoms with E-state index in [-0.39, 0.29) is 36.3 Å². The zero-order valence-electron chi connectivity index (χ0n) is 21.7. The van der Waals surface area contributed by atoms with Gasteiger partial charge in [-0.25, -0.2) is 22.5 Å². The number of hydrogen-bond donors (Lipinski definition) is 0. The number of pyridine rings is 1. The van der Waals surface area contributed by atoms with Crippen molar-refractivity contribution >= 4 is 16.1 Å². The van der Waals surface area contributed by atoms with Crippen molar-refractivity contribution in [2.24, 2.45) is 12.5 Å². The normalized spacial score (nSPS) is 19.4. The van der Waals surface area contributed by atoms with Crippen LogP contribution in [0.15, 0.2) is 71.5 Å². The number of hydrogen-bond acceptors (Lipinski definition) is 6. The summed E-state index contributed by atoms with van der Waals surface area (Å²) in [5.74, 6) is -0.594. The molecule has 0 saturated carbocycles. The molecule has 1 fully saturated rings. The molecule has 0 amide bonds. The molecule has 4 heterocycles. The van der Waals surface area contributed by atoms with Gasteiger partial charge in [0.05, 0.1) is 23.8 Å². The predicted molar refractivity (Wildman–Crippen MR) is 139 cm³/mol. The van der Waals surface area contributed by atoms with Crippen LogP contribution < -0.4 is 4.74 Å². The number of ether oxygens (including phenoxy) is 1. The molecule has 214 valence electrons. The van der Waals surface area contributed by atoms with Crippen molar-refractivity contribution in [3.63, 3.8) is 0 Å². The van der Waals surface area contributed by atoms with Gasteiger partial charge in [-0.05, 0) is 54.8 Å².